The van der Waals surface area contributed by atoms with E-state index in [2.05, 4.69) is 30.3 Å². The van der Waals surface area contributed by atoms with Crippen LogP contribution < -0.4 is 5.73 Å². The molecule has 4 nitrogen and oxygen atoms in total. The van der Waals surface area contributed by atoms with Gasteiger partial charge in [0.15, 0.2) is 4.34 Å². The number of aryl methyl sites for hydroxylation is 1. The maximum absolute atomic E-state index is 5.85. The van der Waals surface area contributed by atoms with Gasteiger partial charge in [0.2, 0.25) is 0 Å². The molecule has 2 aromatic rings. The maximum atomic E-state index is 5.85. The van der Waals surface area contributed by atoms with Crippen LogP contribution in [-0.2, 0) is 6.42 Å². The number of nitrogens with two attached hydrogens (primary N) is 1. The molecule has 0 aliphatic rings. The van der Waals surface area contributed by atoms with Gasteiger partial charge >= 0.3 is 0 Å². The van der Waals surface area contributed by atoms with Gasteiger partial charge in [-0.25, -0.2) is 9.97 Å². The fourth-order valence-corrected chi connectivity index (χ4v) is 2.98. The van der Waals surface area contributed by atoms with Gasteiger partial charge in [-0.15, -0.1) is 0 Å². The number of nitrogen functional groups attached to an aromatic ring is 1. The molecule has 0 fully saturated rings. The summed E-state index contributed by atoms with van der Waals surface area (Å²) in [5, 5.41) is 0.766. The maximum Gasteiger partial charge on any atom is 0.176 e. The molecule has 0 amide bonds. The number of hydrogen-bond donors (Lipinski definition) is 1. The van der Waals surface area contributed by atoms with Gasteiger partial charge < -0.3 is 5.73 Å². The minimum Gasteiger partial charge on any atom is -0.396 e. The zero-order valence-electron chi connectivity index (χ0n) is 8.48. The fourth-order valence-electron chi connectivity index (χ4n) is 1.03. The minimum absolute atomic E-state index is 0.646. The molecule has 2 N–H and O–H groups in total. The van der Waals surface area contributed by atoms with Gasteiger partial charge in [0, 0.05) is 17.1 Å². The molecule has 0 saturated carbocycles. The molecule has 0 atom stereocenters. The highest BCUT2D eigenvalue weighted by Gasteiger charge is 2.08. The number of aromatic nitrogens is 3. The van der Waals surface area contributed by atoms with Gasteiger partial charge in [-0.05, 0) is 45.3 Å². The Morgan fingerprint density at radius 1 is 1.56 bits per heavy atom. The second kappa shape index (κ2) is 5.11. The van der Waals surface area contributed by atoms with E-state index in [1.165, 1.54) is 23.3 Å². The topological polar surface area (TPSA) is 64.7 Å². The summed E-state index contributed by atoms with van der Waals surface area (Å²) < 4.78 is 5.96. The smallest absolute Gasteiger partial charge is 0.176 e. The van der Waals surface area contributed by atoms with Crippen molar-refractivity contribution in [1.82, 2.24) is 14.3 Å². The Morgan fingerprint density at radius 2 is 2.38 bits per heavy atom. The Hall–Kier alpha value is -0.660. The Morgan fingerprint density at radius 3 is 3.00 bits per heavy atom. The third-order valence-corrected chi connectivity index (χ3v) is 4.05. The van der Waals surface area contributed by atoms with Gasteiger partial charge in [-0.1, -0.05) is 6.92 Å². The number of nitrogens with zero attached hydrogens (tertiary/aromatic N) is 3. The van der Waals surface area contributed by atoms with Gasteiger partial charge in [0.1, 0.15) is 10.9 Å². The molecule has 7 heteroatoms. The van der Waals surface area contributed by atoms with E-state index in [1.54, 1.807) is 6.20 Å². The first-order valence-corrected chi connectivity index (χ1v) is 6.98. The molecular formula is C9H9BrN4S2. The molecular weight excluding hydrogens is 308 g/mol. The summed E-state index contributed by atoms with van der Waals surface area (Å²) in [6.45, 7) is 2.03. The summed E-state index contributed by atoms with van der Waals surface area (Å²) in [6.07, 6.45) is 2.57. The van der Waals surface area contributed by atoms with Crippen LogP contribution in [-0.4, -0.2) is 14.3 Å². The monoisotopic (exact) mass is 316 g/mol. The predicted molar refractivity (Wildman–Crippen MR) is 69.8 cm³/mol. The van der Waals surface area contributed by atoms with E-state index in [-0.39, 0.29) is 0 Å². The molecule has 16 heavy (non-hydrogen) atoms. The van der Waals surface area contributed by atoms with Gasteiger partial charge in [0.25, 0.3) is 0 Å². The van der Waals surface area contributed by atoms with Crippen LogP contribution in [0.15, 0.2) is 26.1 Å². The first-order chi connectivity index (χ1) is 7.69. The van der Waals surface area contributed by atoms with E-state index in [4.69, 9.17) is 5.73 Å². The molecule has 0 aromatic carbocycles. The van der Waals surface area contributed by atoms with Crippen molar-refractivity contribution in [2.45, 2.75) is 22.7 Å². The lowest BCUT2D eigenvalue weighted by molar-refractivity contribution is 0.970. The zero-order chi connectivity index (χ0) is 11.5. The van der Waals surface area contributed by atoms with Gasteiger partial charge in [-0.2, -0.15) is 4.37 Å². The lowest BCUT2D eigenvalue weighted by Crippen LogP contribution is -1.91. The van der Waals surface area contributed by atoms with Gasteiger partial charge in [0.05, 0.1) is 5.69 Å². The highest BCUT2D eigenvalue weighted by Crippen LogP contribution is 2.32. The Labute approximate surface area is 110 Å². The summed E-state index contributed by atoms with van der Waals surface area (Å²) in [5.74, 6) is 0.864. The van der Waals surface area contributed by atoms with Crippen molar-refractivity contribution in [1.29, 1.82) is 0 Å². The van der Waals surface area contributed by atoms with Crippen LogP contribution >= 0.6 is 39.2 Å². The summed E-state index contributed by atoms with van der Waals surface area (Å²) in [6, 6.07) is 1.83. The van der Waals surface area contributed by atoms with E-state index in [1.807, 2.05) is 13.0 Å². The van der Waals surface area contributed by atoms with Crippen molar-refractivity contribution in [2.75, 3.05) is 5.73 Å². The van der Waals surface area contributed by atoms with Crippen LogP contribution in [0.3, 0.4) is 0 Å². The molecule has 0 bridgehead atoms. The van der Waals surface area contributed by atoms with Crippen molar-refractivity contribution in [3.8, 4) is 0 Å². The summed E-state index contributed by atoms with van der Waals surface area (Å²) in [5.41, 5.74) is 6.50. The molecule has 0 aliphatic carbocycles. The number of halogens is 1. The summed E-state index contributed by atoms with van der Waals surface area (Å²) >= 11 is 6.14. The van der Waals surface area contributed by atoms with E-state index < -0.39 is 0 Å². The van der Waals surface area contributed by atoms with Crippen molar-refractivity contribution >= 4 is 44.9 Å². The van der Waals surface area contributed by atoms with E-state index >= 15 is 0 Å². The number of hydrogen-bond acceptors (Lipinski definition) is 6. The molecule has 0 spiro atoms. The summed E-state index contributed by atoms with van der Waals surface area (Å²) in [4.78, 5) is 8.59. The molecule has 0 unspecified atom stereocenters. The molecule has 2 rings (SSSR count). The van der Waals surface area contributed by atoms with Crippen LogP contribution in [0.4, 0.5) is 5.69 Å². The molecule has 0 radical (unpaired) electrons. The largest absolute Gasteiger partial charge is 0.396 e. The molecule has 2 aromatic heterocycles. The molecule has 0 aliphatic heterocycles. The third-order valence-electron chi connectivity index (χ3n) is 1.80. The Bertz CT molecular complexity index is 500. The first-order valence-electron chi connectivity index (χ1n) is 4.60. The SMILES string of the molecule is CCc1nsc(Sc2ncc(Br)cc2N)n1. The second-order valence-electron chi connectivity index (χ2n) is 2.98. The van der Waals surface area contributed by atoms with Crippen molar-refractivity contribution < 1.29 is 0 Å². The normalized spacial score (nSPS) is 10.6. The summed E-state index contributed by atoms with van der Waals surface area (Å²) in [7, 11) is 0. The van der Waals surface area contributed by atoms with E-state index in [9.17, 15) is 0 Å². The molecule has 2 heterocycles. The zero-order valence-corrected chi connectivity index (χ0v) is 11.7. The highest BCUT2D eigenvalue weighted by molar-refractivity contribution is 9.10. The van der Waals surface area contributed by atoms with Crippen LogP contribution in [0.5, 0.6) is 0 Å². The number of pyridine rings is 1. The minimum atomic E-state index is 0.646. The predicted octanol–water partition coefficient (Wildman–Crippen LogP) is 2.99. The average Bonchev–Trinajstić information content (AvgIpc) is 2.70. The second-order valence-corrected chi connectivity index (χ2v) is 5.88. The number of rotatable bonds is 3. The van der Waals surface area contributed by atoms with Crippen molar-refractivity contribution in [3.05, 3.63) is 22.6 Å². The van der Waals surface area contributed by atoms with Crippen LogP contribution in [0.25, 0.3) is 0 Å². The van der Waals surface area contributed by atoms with E-state index in [0.717, 1.165) is 26.1 Å². The van der Waals surface area contributed by atoms with Crippen molar-refractivity contribution in [3.63, 3.8) is 0 Å². The van der Waals surface area contributed by atoms with Crippen LogP contribution in [0.1, 0.15) is 12.7 Å². The first kappa shape index (κ1) is 11.8. The van der Waals surface area contributed by atoms with E-state index in [0.29, 0.717) is 5.69 Å². The molecule has 0 saturated heterocycles. The van der Waals surface area contributed by atoms with Crippen molar-refractivity contribution in [2.24, 2.45) is 0 Å². The standard InChI is InChI=1S/C9H9BrN4S2/c1-2-7-13-9(16-14-7)15-8-6(11)3-5(10)4-12-8/h3-4H,2,11H2,1H3. The lowest BCUT2D eigenvalue weighted by Gasteiger charge is -2.01. The Balaban J connectivity index is 2.20. The quantitative estimate of drug-likeness (QED) is 0.943. The van der Waals surface area contributed by atoms with Gasteiger partial charge in [-0.3, -0.25) is 0 Å². The lowest BCUT2D eigenvalue weighted by atomic mass is 10.4. The van der Waals surface area contributed by atoms with Crippen LogP contribution in [0, 0.1) is 0 Å². The third kappa shape index (κ3) is 2.72. The molecule has 84 valence electrons. The highest BCUT2D eigenvalue weighted by atomic mass is 79.9. The van der Waals surface area contributed by atoms with Crippen LogP contribution in [0.2, 0.25) is 0 Å². The average molecular weight is 317 g/mol. The fraction of sp³-hybridized carbons (Fsp3) is 0.222. The number of anilines is 1. The Kier molecular flexibility index (Phi) is 3.78.